The molecule has 1 saturated carbocycles. The van der Waals surface area contributed by atoms with Gasteiger partial charge in [0.1, 0.15) is 23.2 Å². The van der Waals surface area contributed by atoms with Gasteiger partial charge >= 0.3 is 0 Å². The number of phenols is 1. The number of carbonyl (C=O) groups excluding carboxylic acids is 3. The van der Waals surface area contributed by atoms with Gasteiger partial charge in [0.15, 0.2) is 17.2 Å². The van der Waals surface area contributed by atoms with Crippen molar-refractivity contribution in [3.63, 3.8) is 0 Å². The van der Waals surface area contributed by atoms with Crippen molar-refractivity contribution in [3.8, 4) is 22.6 Å². The molecule has 1 fully saturated rings. The van der Waals surface area contributed by atoms with Crippen LogP contribution in [0.4, 0.5) is 0 Å². The van der Waals surface area contributed by atoms with Crippen molar-refractivity contribution in [1.29, 1.82) is 0 Å². The number of aromatic hydroxyl groups is 1. The van der Waals surface area contributed by atoms with E-state index < -0.39 is 58.7 Å². The van der Waals surface area contributed by atoms with Gasteiger partial charge in [-0.15, -0.1) is 0 Å². The molecule has 236 valence electrons. The van der Waals surface area contributed by atoms with Crippen molar-refractivity contribution >= 4 is 17.5 Å². The van der Waals surface area contributed by atoms with Crippen LogP contribution in [0.1, 0.15) is 41.8 Å². The molecule has 44 heavy (non-hydrogen) atoms. The molecule has 3 aliphatic carbocycles. The fourth-order valence-corrected chi connectivity index (χ4v) is 7.44. The van der Waals surface area contributed by atoms with Gasteiger partial charge < -0.3 is 41.1 Å². The lowest BCUT2D eigenvalue weighted by Crippen LogP contribution is -2.71. The minimum absolute atomic E-state index is 0.0355. The summed E-state index contributed by atoms with van der Waals surface area (Å²) in [5, 5.41) is 48.9. The van der Waals surface area contributed by atoms with E-state index in [1.54, 1.807) is 32.2 Å². The molecule has 0 radical (unpaired) electrons. The Labute approximate surface area is 256 Å². The summed E-state index contributed by atoms with van der Waals surface area (Å²) in [7, 11) is 4.82. The minimum Gasteiger partial charge on any atom is -0.508 e. The van der Waals surface area contributed by atoms with Crippen LogP contribution in [0.5, 0.6) is 11.5 Å². The van der Waals surface area contributed by atoms with Crippen LogP contribution in [0.25, 0.3) is 11.1 Å². The number of allylic oxidation sites excluding steroid dienone is 1. The summed E-state index contributed by atoms with van der Waals surface area (Å²) in [6.07, 6.45) is -1.29. The van der Waals surface area contributed by atoms with Gasteiger partial charge in [-0.3, -0.25) is 14.4 Å². The zero-order chi connectivity index (χ0) is 32.2. The third kappa shape index (κ3) is 4.88. The third-order valence-corrected chi connectivity index (χ3v) is 9.41. The van der Waals surface area contributed by atoms with Gasteiger partial charge in [0.25, 0.3) is 0 Å². The SMILES string of the molecule is COc1ccc(CNCC(C)C)cc1-c1ccc(O)c2c1C[C@H]1C[C@H]3[C@H](N(C)C)C(O)C(C(N)=O)C(=O)[C@@]3(O)C(O)=C1C2=O. The molecule has 0 aromatic heterocycles. The van der Waals surface area contributed by atoms with Gasteiger partial charge in [-0.1, -0.05) is 26.0 Å². The molecular formula is C33H41N3O8. The molecule has 0 bridgehead atoms. The number of amides is 1. The normalized spacial score (nSPS) is 28.2. The van der Waals surface area contributed by atoms with Crippen molar-refractivity contribution < 1.29 is 39.5 Å². The van der Waals surface area contributed by atoms with Gasteiger partial charge in [-0.25, -0.2) is 0 Å². The highest BCUT2D eigenvalue weighted by Crippen LogP contribution is 2.53. The molecular weight excluding hydrogens is 566 g/mol. The summed E-state index contributed by atoms with van der Waals surface area (Å²) in [5.74, 6) is -6.61. The number of nitrogens with two attached hydrogens (primary N) is 1. The summed E-state index contributed by atoms with van der Waals surface area (Å²) in [6.45, 7) is 5.70. The highest BCUT2D eigenvalue weighted by atomic mass is 16.5. The average molecular weight is 608 g/mol. The van der Waals surface area contributed by atoms with Crippen LogP contribution in [-0.2, 0) is 22.6 Å². The molecule has 2 aromatic rings. The van der Waals surface area contributed by atoms with E-state index in [1.807, 2.05) is 18.2 Å². The second-order valence-corrected chi connectivity index (χ2v) is 12.8. The van der Waals surface area contributed by atoms with E-state index in [-0.39, 0.29) is 29.7 Å². The Morgan fingerprint density at radius 3 is 2.48 bits per heavy atom. The van der Waals surface area contributed by atoms with E-state index in [0.29, 0.717) is 29.3 Å². The molecule has 11 heteroatoms. The Morgan fingerprint density at radius 2 is 1.86 bits per heavy atom. The summed E-state index contributed by atoms with van der Waals surface area (Å²) in [4.78, 5) is 41.5. The van der Waals surface area contributed by atoms with Gasteiger partial charge in [-0.2, -0.15) is 0 Å². The first-order chi connectivity index (χ1) is 20.7. The molecule has 0 heterocycles. The lowest BCUT2D eigenvalue weighted by atomic mass is 9.55. The number of hydrogen-bond acceptors (Lipinski definition) is 10. The predicted octanol–water partition coefficient (Wildman–Crippen LogP) is 1.71. The van der Waals surface area contributed by atoms with Crippen LogP contribution in [0.15, 0.2) is 41.7 Å². The number of ether oxygens (including phenoxy) is 1. The fourth-order valence-electron chi connectivity index (χ4n) is 7.44. The molecule has 5 rings (SSSR count). The molecule has 0 saturated heterocycles. The standard InChI is InChI=1S/C33H41N3O8/c1-15(2)13-35-14-16-6-9-23(44-5)19(10-16)18-7-8-22(37)25-20(18)11-17-12-21-27(36(3)4)29(39)26(32(34)42)31(41)33(21,43)30(40)24(17)28(25)38/h6-10,15,17,21,26-27,29,35,37,39-40,43H,11-14H2,1-5H3,(H2,34,42)/t17-,21-,26?,27-,29?,33-/m0/s1. The maximum atomic E-state index is 14.1. The number of primary amides is 1. The van der Waals surface area contributed by atoms with Crippen LogP contribution >= 0.6 is 0 Å². The van der Waals surface area contributed by atoms with Crippen molar-refractivity contribution in [2.24, 2.45) is 29.4 Å². The topological polar surface area (TPSA) is 183 Å². The fraction of sp³-hybridized carbons (Fsp3) is 0.485. The Kier molecular flexibility index (Phi) is 8.36. The quantitative estimate of drug-likeness (QED) is 0.242. The van der Waals surface area contributed by atoms with Gasteiger partial charge in [-0.05, 0) is 80.2 Å². The van der Waals surface area contributed by atoms with Gasteiger partial charge in [0, 0.05) is 29.6 Å². The molecule has 1 amide bonds. The van der Waals surface area contributed by atoms with E-state index in [9.17, 15) is 34.8 Å². The summed E-state index contributed by atoms with van der Waals surface area (Å²) < 4.78 is 5.69. The van der Waals surface area contributed by atoms with E-state index in [0.717, 1.165) is 17.7 Å². The molecule has 11 nitrogen and oxygen atoms in total. The minimum atomic E-state index is -2.62. The number of carbonyl (C=O) groups is 3. The predicted molar refractivity (Wildman–Crippen MR) is 162 cm³/mol. The number of aliphatic hydroxyl groups is 3. The number of rotatable bonds is 8. The number of benzene rings is 2. The molecule has 3 aliphatic rings. The zero-order valence-corrected chi connectivity index (χ0v) is 25.6. The second-order valence-electron chi connectivity index (χ2n) is 12.8. The summed E-state index contributed by atoms with van der Waals surface area (Å²) in [5.41, 5.74) is 5.56. The Morgan fingerprint density at radius 1 is 1.16 bits per heavy atom. The van der Waals surface area contributed by atoms with E-state index in [1.165, 1.54) is 6.07 Å². The number of likely N-dealkylation sites (N-methyl/N-ethyl adjacent to an activating group) is 1. The zero-order valence-electron chi connectivity index (χ0n) is 25.6. The van der Waals surface area contributed by atoms with Crippen molar-refractivity contribution in [2.75, 3.05) is 27.7 Å². The molecule has 0 aliphatic heterocycles. The largest absolute Gasteiger partial charge is 0.508 e. The lowest BCUT2D eigenvalue weighted by molar-refractivity contribution is -0.178. The average Bonchev–Trinajstić information content (AvgIpc) is 2.94. The Hall–Kier alpha value is -3.77. The van der Waals surface area contributed by atoms with Crippen LogP contribution < -0.4 is 15.8 Å². The van der Waals surface area contributed by atoms with Crippen molar-refractivity contribution in [2.45, 2.75) is 51.0 Å². The Balaban J connectivity index is 1.65. The summed E-state index contributed by atoms with van der Waals surface area (Å²) in [6, 6.07) is 7.99. The Bertz CT molecular complexity index is 1550. The van der Waals surface area contributed by atoms with Crippen molar-refractivity contribution in [1.82, 2.24) is 10.2 Å². The highest BCUT2D eigenvalue weighted by molar-refractivity contribution is 6.16. The first kappa shape index (κ1) is 31.6. The number of ketones is 2. The van der Waals surface area contributed by atoms with Crippen LogP contribution in [0.3, 0.4) is 0 Å². The number of phenolic OH excluding ortho intramolecular Hbond substituents is 1. The van der Waals surface area contributed by atoms with E-state index >= 15 is 0 Å². The monoisotopic (exact) mass is 607 g/mol. The molecule has 6 atom stereocenters. The molecule has 0 spiro atoms. The van der Waals surface area contributed by atoms with Gasteiger partial charge in [0.2, 0.25) is 5.91 Å². The number of hydrogen-bond donors (Lipinski definition) is 6. The summed E-state index contributed by atoms with van der Waals surface area (Å²) >= 11 is 0. The highest BCUT2D eigenvalue weighted by Gasteiger charge is 2.66. The lowest BCUT2D eigenvalue weighted by Gasteiger charge is -2.53. The number of aliphatic hydroxyl groups excluding tert-OH is 2. The maximum absolute atomic E-state index is 14.1. The van der Waals surface area contributed by atoms with Crippen molar-refractivity contribution in [3.05, 3.63) is 58.4 Å². The van der Waals surface area contributed by atoms with Crippen LogP contribution in [0.2, 0.25) is 0 Å². The molecule has 7 N–H and O–H groups in total. The third-order valence-electron chi connectivity index (χ3n) is 9.41. The first-order valence-corrected chi connectivity index (χ1v) is 14.9. The molecule has 2 unspecified atom stereocenters. The number of fused-ring (bicyclic) bond motifs is 3. The number of methoxy groups -OCH3 is 1. The smallest absolute Gasteiger partial charge is 0.230 e. The van der Waals surface area contributed by atoms with Gasteiger partial charge in [0.05, 0.1) is 18.8 Å². The first-order valence-electron chi connectivity index (χ1n) is 14.9. The molecule has 2 aromatic carbocycles. The number of nitrogens with zero attached hydrogens (tertiary/aromatic N) is 1. The number of Topliss-reactive ketones (excluding diaryl/α,β-unsaturated/α-hetero) is 2. The van der Waals surface area contributed by atoms with E-state index in [4.69, 9.17) is 10.5 Å². The maximum Gasteiger partial charge on any atom is 0.230 e. The van der Waals surface area contributed by atoms with E-state index in [2.05, 4.69) is 19.2 Å². The second kappa shape index (κ2) is 11.6. The van der Waals surface area contributed by atoms with Crippen LogP contribution in [0, 0.1) is 23.7 Å². The number of nitrogens with one attached hydrogen (secondary N) is 1. The van der Waals surface area contributed by atoms with Crippen LogP contribution in [-0.4, -0.2) is 88.3 Å².